The summed E-state index contributed by atoms with van der Waals surface area (Å²) < 4.78 is 13.4. The lowest BCUT2D eigenvalue weighted by Crippen LogP contribution is -2.50. The lowest BCUT2D eigenvalue weighted by molar-refractivity contribution is -0.137. The van der Waals surface area contributed by atoms with E-state index in [9.17, 15) is 14.7 Å². The summed E-state index contributed by atoms with van der Waals surface area (Å²) in [5.41, 5.74) is 1.68. The number of carboxylic acids is 1. The van der Waals surface area contributed by atoms with Gasteiger partial charge in [-0.3, -0.25) is 4.79 Å². The van der Waals surface area contributed by atoms with E-state index in [1.54, 1.807) is 32.1 Å². The Morgan fingerprint density at radius 2 is 1.73 bits per heavy atom. The number of hydrogen-bond acceptors (Lipinski definition) is 6. The minimum atomic E-state index is -2.08. The summed E-state index contributed by atoms with van der Waals surface area (Å²) >= 11 is 5.19. The molecule has 10 heteroatoms. The number of aryl methyl sites for hydroxylation is 1. The van der Waals surface area contributed by atoms with Gasteiger partial charge in [0.15, 0.2) is 0 Å². The summed E-state index contributed by atoms with van der Waals surface area (Å²) in [5.74, 6) is -0.968. The zero-order valence-electron chi connectivity index (χ0n) is 24.2. The maximum absolute atomic E-state index is 12.2. The first-order valence-corrected chi connectivity index (χ1v) is 16.9. The van der Waals surface area contributed by atoms with Crippen LogP contribution in [0.15, 0.2) is 15.9 Å². The molecule has 0 radical (unpaired) electrons. The number of aromatic nitrogens is 1. The third-order valence-corrected chi connectivity index (χ3v) is 13.7. The Labute approximate surface area is 237 Å². The second kappa shape index (κ2) is 14.8. The normalized spacial score (nSPS) is 14.8. The highest BCUT2D eigenvalue weighted by atomic mass is 79.9. The molecule has 0 aromatic carbocycles. The molecule has 0 aliphatic heterocycles. The van der Waals surface area contributed by atoms with Crippen LogP contribution in [0.1, 0.15) is 92.8 Å². The third kappa shape index (κ3) is 11.6. The summed E-state index contributed by atoms with van der Waals surface area (Å²) in [6.07, 6.45) is 2.99. The van der Waals surface area contributed by atoms with Crippen molar-refractivity contribution in [2.24, 2.45) is 0 Å². The first-order chi connectivity index (χ1) is 17.0. The van der Waals surface area contributed by atoms with Gasteiger partial charge in [-0.05, 0) is 67.7 Å². The van der Waals surface area contributed by atoms with E-state index in [1.807, 2.05) is 12.3 Å². The number of nitrogens with zero attached hydrogens (tertiary/aromatic N) is 1. The fourth-order valence-electron chi connectivity index (χ4n) is 5.02. The number of amides is 1. The van der Waals surface area contributed by atoms with Crippen LogP contribution in [0.4, 0.5) is 4.79 Å². The number of carbonyl (C=O) groups is 2. The Kier molecular flexibility index (Phi) is 13.5. The standard InChI is InChI=1S/C27H47BrN2O5SSi/c1-17(2)37(18(3)4,19(5)6)35-23(13-20(7)28)15-24-29-22(16-36-24)12-11-21(14-25(31)32)30-26(33)34-27(8,9)10/h13,16-19,21,23H,11-12,14-15H2,1-10H3,(H,30,33)(H,31,32)/b20-13+. The van der Waals surface area contributed by atoms with Crippen LogP contribution in [0, 0.1) is 0 Å². The lowest BCUT2D eigenvalue weighted by Gasteiger charge is -2.44. The van der Waals surface area contributed by atoms with E-state index in [0.717, 1.165) is 15.2 Å². The molecule has 1 amide bonds. The van der Waals surface area contributed by atoms with Crippen molar-refractivity contribution in [1.82, 2.24) is 10.3 Å². The molecular weight excluding hydrogens is 572 g/mol. The minimum absolute atomic E-state index is 0.0779. The van der Waals surface area contributed by atoms with E-state index in [4.69, 9.17) is 14.1 Å². The molecule has 0 spiro atoms. The predicted molar refractivity (Wildman–Crippen MR) is 158 cm³/mol. The summed E-state index contributed by atoms with van der Waals surface area (Å²) in [7, 11) is -2.08. The topological polar surface area (TPSA) is 97.8 Å². The largest absolute Gasteiger partial charge is 0.481 e. The van der Waals surface area contributed by atoms with Crippen molar-refractivity contribution in [1.29, 1.82) is 0 Å². The van der Waals surface area contributed by atoms with E-state index in [1.165, 1.54) is 0 Å². The van der Waals surface area contributed by atoms with Gasteiger partial charge < -0.3 is 19.6 Å². The summed E-state index contributed by atoms with van der Waals surface area (Å²) in [4.78, 5) is 28.3. The lowest BCUT2D eigenvalue weighted by atomic mass is 10.1. The van der Waals surface area contributed by atoms with E-state index in [-0.39, 0.29) is 12.5 Å². The highest BCUT2D eigenvalue weighted by Gasteiger charge is 2.46. The monoisotopic (exact) mass is 618 g/mol. The molecule has 1 rings (SSSR count). The molecule has 2 N–H and O–H groups in total. The fourth-order valence-corrected chi connectivity index (χ4v) is 11.7. The predicted octanol–water partition coefficient (Wildman–Crippen LogP) is 7.85. The Morgan fingerprint density at radius 3 is 2.19 bits per heavy atom. The van der Waals surface area contributed by atoms with Crippen LogP contribution in [0.25, 0.3) is 0 Å². The molecule has 1 aromatic heterocycles. The average Bonchev–Trinajstić information content (AvgIpc) is 3.14. The highest BCUT2D eigenvalue weighted by molar-refractivity contribution is 9.11. The Hall–Kier alpha value is -1.23. The Morgan fingerprint density at radius 1 is 1.16 bits per heavy atom. The molecule has 7 nitrogen and oxygen atoms in total. The molecule has 212 valence electrons. The molecule has 1 aromatic rings. The number of carboxylic acid groups (broad SMARTS) is 1. The van der Waals surface area contributed by atoms with Gasteiger partial charge in [-0.15, -0.1) is 11.3 Å². The number of thiazole rings is 1. The summed E-state index contributed by atoms with van der Waals surface area (Å²) in [6, 6.07) is -0.540. The molecule has 1 heterocycles. The van der Waals surface area contributed by atoms with Crippen LogP contribution in [0.5, 0.6) is 0 Å². The van der Waals surface area contributed by atoms with Crippen molar-refractivity contribution in [2.45, 2.75) is 129 Å². The van der Waals surface area contributed by atoms with Gasteiger partial charge >= 0.3 is 12.1 Å². The van der Waals surface area contributed by atoms with E-state index >= 15 is 0 Å². The molecule has 0 bridgehead atoms. The first-order valence-electron chi connectivity index (χ1n) is 13.1. The first kappa shape index (κ1) is 33.8. The van der Waals surface area contributed by atoms with Crippen molar-refractivity contribution < 1.29 is 23.9 Å². The van der Waals surface area contributed by atoms with Crippen LogP contribution in [-0.4, -0.2) is 48.2 Å². The second-order valence-corrected chi connectivity index (χ2v) is 19.2. The van der Waals surface area contributed by atoms with Gasteiger partial charge in [0.1, 0.15) is 5.60 Å². The van der Waals surface area contributed by atoms with Crippen LogP contribution < -0.4 is 5.32 Å². The minimum Gasteiger partial charge on any atom is -0.481 e. The van der Waals surface area contributed by atoms with Gasteiger partial charge in [-0.25, -0.2) is 9.78 Å². The van der Waals surface area contributed by atoms with Crippen molar-refractivity contribution in [3.05, 3.63) is 26.6 Å². The van der Waals surface area contributed by atoms with Gasteiger partial charge in [-0.1, -0.05) is 57.5 Å². The quantitative estimate of drug-likeness (QED) is 0.206. The summed E-state index contributed by atoms with van der Waals surface area (Å²) in [5, 5.41) is 15.0. The number of ether oxygens (including phenoxy) is 1. The molecule has 0 aliphatic carbocycles. The van der Waals surface area contributed by atoms with Crippen molar-refractivity contribution >= 4 is 47.6 Å². The van der Waals surface area contributed by atoms with Crippen LogP contribution in [0.3, 0.4) is 0 Å². The molecular formula is C27H47BrN2O5SSi. The van der Waals surface area contributed by atoms with Gasteiger partial charge in [0.2, 0.25) is 8.32 Å². The molecule has 0 aliphatic rings. The summed E-state index contributed by atoms with van der Waals surface area (Å²) in [6.45, 7) is 21.1. The average molecular weight is 620 g/mol. The van der Waals surface area contributed by atoms with Crippen LogP contribution >= 0.6 is 27.3 Å². The van der Waals surface area contributed by atoms with Gasteiger partial charge in [0, 0.05) is 17.8 Å². The maximum atomic E-state index is 12.2. The van der Waals surface area contributed by atoms with Gasteiger partial charge in [-0.2, -0.15) is 0 Å². The maximum Gasteiger partial charge on any atom is 0.407 e. The number of hydrogen-bond donors (Lipinski definition) is 2. The molecule has 0 fully saturated rings. The van der Waals surface area contributed by atoms with Gasteiger partial charge in [0.05, 0.1) is 23.2 Å². The number of carbonyl (C=O) groups excluding carboxylic acids is 1. The Bertz CT molecular complexity index is 885. The zero-order chi connectivity index (χ0) is 28.6. The van der Waals surface area contributed by atoms with E-state index in [2.05, 4.69) is 68.9 Å². The number of halogens is 1. The van der Waals surface area contributed by atoms with E-state index < -0.39 is 32.0 Å². The molecule has 0 saturated heterocycles. The van der Waals surface area contributed by atoms with Crippen molar-refractivity contribution in [2.75, 3.05) is 0 Å². The molecule has 2 unspecified atom stereocenters. The number of allylic oxidation sites excluding steroid dienone is 1. The number of aliphatic carboxylic acids is 1. The number of alkyl carbamates (subject to hydrolysis) is 1. The van der Waals surface area contributed by atoms with Crippen LogP contribution in [-0.2, 0) is 26.8 Å². The molecule has 2 atom stereocenters. The smallest absolute Gasteiger partial charge is 0.407 e. The molecule has 37 heavy (non-hydrogen) atoms. The fraction of sp³-hybridized carbons (Fsp3) is 0.741. The Balaban J connectivity index is 2.98. The zero-order valence-corrected chi connectivity index (χ0v) is 27.6. The van der Waals surface area contributed by atoms with Gasteiger partial charge in [0.25, 0.3) is 0 Å². The third-order valence-electron chi connectivity index (χ3n) is 6.34. The number of rotatable bonds is 14. The second-order valence-electron chi connectivity index (χ2n) is 11.6. The number of nitrogens with one attached hydrogen (secondary N) is 1. The molecule has 0 saturated carbocycles. The van der Waals surface area contributed by atoms with Crippen molar-refractivity contribution in [3.63, 3.8) is 0 Å². The van der Waals surface area contributed by atoms with Crippen molar-refractivity contribution in [3.8, 4) is 0 Å². The van der Waals surface area contributed by atoms with E-state index in [0.29, 0.717) is 35.9 Å². The highest BCUT2D eigenvalue weighted by Crippen LogP contribution is 2.43. The van der Waals surface area contributed by atoms with Crippen LogP contribution in [0.2, 0.25) is 16.6 Å². The SMILES string of the molecule is C/C(Br)=C\C(Cc1nc(CCC(CC(=O)O)NC(=O)OC(C)(C)C)cs1)O[Si](C(C)C)(C(C)C)C(C)C.